The van der Waals surface area contributed by atoms with E-state index in [1.54, 1.807) is 13.8 Å². The molecule has 3 unspecified atom stereocenters. The van der Waals surface area contributed by atoms with Gasteiger partial charge in [0.1, 0.15) is 39.1 Å². The van der Waals surface area contributed by atoms with Crippen molar-refractivity contribution in [2.45, 2.75) is 98.9 Å². The maximum atomic E-state index is 11.4. The summed E-state index contributed by atoms with van der Waals surface area (Å²) in [6.45, 7) is 37.1. The molecule has 0 amide bonds. The van der Waals surface area contributed by atoms with Crippen molar-refractivity contribution in [1.29, 1.82) is 0 Å². The number of carbonyl (C=O) groups excluding carboxylic acids is 8. The summed E-state index contributed by atoms with van der Waals surface area (Å²) in [4.78, 5) is 97.5. The number of benzene rings is 2. The topological polar surface area (TPSA) is 268 Å². The summed E-state index contributed by atoms with van der Waals surface area (Å²) in [7, 11) is 1.33. The Kier molecular flexibility index (Phi) is 48.2. The molecule has 0 aliphatic heterocycles. The van der Waals surface area contributed by atoms with Crippen molar-refractivity contribution in [3.8, 4) is 0 Å². The molecule has 0 aliphatic rings. The molecular formula is C59H80O19. The van der Waals surface area contributed by atoms with Gasteiger partial charge in [0.05, 0.1) is 26.6 Å². The van der Waals surface area contributed by atoms with E-state index in [9.17, 15) is 48.3 Å². The second-order valence-corrected chi connectivity index (χ2v) is 16.1. The molecule has 0 saturated carbocycles. The van der Waals surface area contributed by atoms with Crippen molar-refractivity contribution in [3.05, 3.63) is 165 Å². The van der Waals surface area contributed by atoms with E-state index in [2.05, 4.69) is 80.7 Å². The van der Waals surface area contributed by atoms with Crippen molar-refractivity contribution in [3.63, 3.8) is 0 Å². The van der Waals surface area contributed by atoms with Crippen LogP contribution in [0, 0.1) is 5.92 Å². The van der Waals surface area contributed by atoms with Crippen molar-refractivity contribution >= 4 is 59.8 Å². The van der Waals surface area contributed by atoms with Crippen LogP contribution in [-0.4, -0.2) is 116 Å². The standard InChI is InChI=1S/C14H18O8.C11H12O2.C11H20O2.C10H14O5.C8H8.C5H8O2/c1-4-12(17)20-7-10(8-21-14(19)9(2)3)22-13(18)6-5-11(15)16;1-9(2)11(12)13-8-10-6-4-3-5-7-10;1-4-7-8-10(5-2)9-13-11(12)6-3;1-4-9(12)14-5-8(11)6-15-10(13)7(2)3;1-2-8-6-4-3-5-7-8;1-4(2)5(6)7-3/h4,10H,1-2,5-8H2,3H3,(H,15,16);3-7H,1,8H2,2H3;6,10H,3-5,7-9H2,1-2H3;4,8,11H,1-2,5-6H2,3H3;2-7H,1H2;1H2,2-3H3. The molecule has 0 fully saturated rings. The van der Waals surface area contributed by atoms with Gasteiger partial charge in [-0.25, -0.2) is 33.6 Å². The van der Waals surface area contributed by atoms with Gasteiger partial charge in [-0.3, -0.25) is 9.59 Å². The molecule has 19 nitrogen and oxygen atoms in total. The van der Waals surface area contributed by atoms with E-state index in [0.29, 0.717) is 30.3 Å². The number of unbranched alkanes of at least 4 members (excludes halogenated alkanes) is 1. The largest absolute Gasteiger partial charge is 0.481 e. The molecule has 430 valence electrons. The smallest absolute Gasteiger partial charge is 0.333 e. The monoisotopic (exact) mass is 1090 g/mol. The molecule has 2 rings (SSSR count). The summed E-state index contributed by atoms with van der Waals surface area (Å²) >= 11 is 0. The Bertz CT molecular complexity index is 2230. The number of carboxylic acid groups (broad SMARTS) is 1. The SMILES string of the molecule is C=C(C)C(=O)OC.C=C(C)C(=O)OCc1ccccc1.C=CC(=O)OCC(CC)CCCC.C=CC(=O)OCC(COC(=O)C(=C)C)OC(=O)CCC(=O)O.C=CC(=O)OCC(O)COC(=O)C(=C)C.C=Cc1ccccc1. The number of rotatable bonds is 28. The molecule has 2 N–H and O–H groups in total. The van der Waals surface area contributed by atoms with Crippen LogP contribution in [0.5, 0.6) is 0 Å². The molecule has 19 heteroatoms. The highest BCUT2D eigenvalue weighted by molar-refractivity contribution is 5.88. The van der Waals surface area contributed by atoms with E-state index in [0.717, 1.165) is 30.6 Å². The zero-order valence-corrected chi connectivity index (χ0v) is 46.3. The molecule has 78 heavy (non-hydrogen) atoms. The molecule has 0 aromatic heterocycles. The van der Waals surface area contributed by atoms with Crippen molar-refractivity contribution in [1.82, 2.24) is 0 Å². The maximum absolute atomic E-state index is 11.4. The lowest BCUT2D eigenvalue weighted by Gasteiger charge is -2.17. The number of carbonyl (C=O) groups is 9. The number of hydrogen-bond acceptors (Lipinski definition) is 18. The van der Waals surface area contributed by atoms with E-state index in [1.165, 1.54) is 45.4 Å². The van der Waals surface area contributed by atoms with Gasteiger partial charge in [-0.1, -0.05) is 152 Å². The number of aliphatic hydroxyl groups excluding tert-OH is 1. The van der Waals surface area contributed by atoms with Crippen molar-refractivity contribution in [2.75, 3.05) is 40.1 Å². The quantitative estimate of drug-likeness (QED) is 0.0457. The third-order valence-electron chi connectivity index (χ3n) is 8.81. The minimum absolute atomic E-state index is 0.152. The fourth-order valence-corrected chi connectivity index (χ4v) is 4.44. The number of esters is 8. The molecular weight excluding hydrogens is 1010 g/mol. The lowest BCUT2D eigenvalue weighted by molar-refractivity contribution is -0.164. The third kappa shape index (κ3) is 48.5. The van der Waals surface area contributed by atoms with Crippen molar-refractivity contribution < 1.29 is 91.3 Å². The number of ether oxygens (including phenoxy) is 8. The molecule has 0 bridgehead atoms. The average molecular weight is 1090 g/mol. The second kappa shape index (κ2) is 49.4. The molecule has 0 spiro atoms. The zero-order valence-electron chi connectivity index (χ0n) is 46.3. The average Bonchev–Trinajstić information content (AvgIpc) is 3.43. The summed E-state index contributed by atoms with van der Waals surface area (Å²) < 4.78 is 37.8. The van der Waals surface area contributed by atoms with Crippen molar-refractivity contribution in [2.24, 2.45) is 5.92 Å². The first-order chi connectivity index (χ1) is 36.8. The fraction of sp³-hybridized carbons (Fsp3) is 0.373. The van der Waals surface area contributed by atoms with Gasteiger partial charge in [0.2, 0.25) is 0 Å². The van der Waals surface area contributed by atoms with Gasteiger partial charge in [0.15, 0.2) is 6.10 Å². The minimum atomic E-state index is -1.15. The van der Waals surface area contributed by atoms with Crippen LogP contribution in [0.4, 0.5) is 0 Å². The zero-order chi connectivity index (χ0) is 60.4. The number of carboxylic acids is 1. The molecule has 0 radical (unpaired) electrons. The van der Waals surface area contributed by atoms with Gasteiger partial charge in [0.25, 0.3) is 0 Å². The summed E-state index contributed by atoms with van der Waals surface area (Å²) in [6, 6.07) is 19.6. The first kappa shape index (κ1) is 76.1. The second-order valence-electron chi connectivity index (χ2n) is 16.1. The predicted octanol–water partition coefficient (Wildman–Crippen LogP) is 9.11. The highest BCUT2D eigenvalue weighted by Crippen LogP contribution is 2.13. The molecule has 2 aromatic carbocycles. The molecule has 0 saturated heterocycles. The first-order valence-electron chi connectivity index (χ1n) is 24.2. The van der Waals surface area contributed by atoms with Gasteiger partial charge >= 0.3 is 53.7 Å². The van der Waals surface area contributed by atoms with E-state index >= 15 is 0 Å². The number of aliphatic carboxylic acids is 1. The summed E-state index contributed by atoms with van der Waals surface area (Å²) in [5, 5.41) is 17.7. The lowest BCUT2D eigenvalue weighted by Crippen LogP contribution is -2.30. The van der Waals surface area contributed by atoms with Crippen LogP contribution in [0.2, 0.25) is 0 Å². The van der Waals surface area contributed by atoms with E-state index in [1.807, 2.05) is 66.7 Å². The normalized spacial score (nSPS) is 10.4. The van der Waals surface area contributed by atoms with Crippen LogP contribution < -0.4 is 0 Å². The van der Waals surface area contributed by atoms with E-state index in [4.69, 9.17) is 28.8 Å². The maximum Gasteiger partial charge on any atom is 0.333 e. The Labute approximate surface area is 459 Å². The molecule has 3 atom stereocenters. The van der Waals surface area contributed by atoms with Crippen LogP contribution in [0.1, 0.15) is 91.2 Å². The van der Waals surface area contributed by atoms with Crippen LogP contribution in [-0.2, 0) is 87.7 Å². The van der Waals surface area contributed by atoms with Gasteiger partial charge in [0, 0.05) is 40.5 Å². The summed E-state index contributed by atoms with van der Waals surface area (Å²) in [5.74, 6) is -5.11. The number of methoxy groups -OCH3 is 1. The fourth-order valence-electron chi connectivity index (χ4n) is 4.44. The van der Waals surface area contributed by atoms with Gasteiger partial charge in [-0.05, 0) is 51.2 Å². The first-order valence-corrected chi connectivity index (χ1v) is 24.2. The van der Waals surface area contributed by atoms with E-state index in [-0.39, 0.29) is 61.9 Å². The number of hydrogen-bond donors (Lipinski definition) is 2. The Morgan fingerprint density at radius 2 is 0.962 bits per heavy atom. The Morgan fingerprint density at radius 3 is 1.35 bits per heavy atom. The van der Waals surface area contributed by atoms with Crippen LogP contribution in [0.15, 0.2) is 154 Å². The van der Waals surface area contributed by atoms with Crippen LogP contribution in [0.25, 0.3) is 6.08 Å². The lowest BCUT2D eigenvalue weighted by atomic mass is 10.0. The molecule has 0 aliphatic carbocycles. The van der Waals surface area contributed by atoms with Crippen LogP contribution >= 0.6 is 0 Å². The molecule has 0 heterocycles. The minimum Gasteiger partial charge on any atom is -0.481 e. The highest BCUT2D eigenvalue weighted by atomic mass is 16.6. The van der Waals surface area contributed by atoms with Crippen LogP contribution in [0.3, 0.4) is 0 Å². The van der Waals surface area contributed by atoms with E-state index < -0.39 is 54.4 Å². The molecule has 2 aromatic rings. The Hall–Kier alpha value is -8.45. The van der Waals surface area contributed by atoms with Gasteiger partial charge < -0.3 is 48.1 Å². The summed E-state index contributed by atoms with van der Waals surface area (Å²) in [6.07, 6.45) is 6.74. The predicted molar refractivity (Wildman–Crippen MR) is 295 cm³/mol. The van der Waals surface area contributed by atoms with Gasteiger partial charge in [-0.2, -0.15) is 0 Å². The third-order valence-corrected chi connectivity index (χ3v) is 8.81. The highest BCUT2D eigenvalue weighted by Gasteiger charge is 2.20. The van der Waals surface area contributed by atoms with Gasteiger partial charge in [-0.15, -0.1) is 0 Å². The Morgan fingerprint density at radius 1 is 0.551 bits per heavy atom. The number of aliphatic hydroxyl groups is 1. The summed E-state index contributed by atoms with van der Waals surface area (Å²) in [5.41, 5.74) is 3.41. The Balaban J connectivity index is -0.000000437.